The van der Waals surface area contributed by atoms with Gasteiger partial charge in [0.1, 0.15) is 5.60 Å². The third kappa shape index (κ3) is 13.5. The van der Waals surface area contributed by atoms with Crippen LogP contribution in [0.25, 0.3) is 0 Å². The number of para-hydroxylation sites is 1. The van der Waals surface area contributed by atoms with Gasteiger partial charge >= 0.3 is 6.09 Å². The molecule has 0 bridgehead atoms. The van der Waals surface area contributed by atoms with Crippen LogP contribution in [-0.4, -0.2) is 108 Å². The second-order valence-corrected chi connectivity index (χ2v) is 18.1. The van der Waals surface area contributed by atoms with Gasteiger partial charge in [0.25, 0.3) is 0 Å². The third-order valence-corrected chi connectivity index (χ3v) is 11.3. The van der Waals surface area contributed by atoms with E-state index in [1.165, 1.54) is 37.7 Å². The van der Waals surface area contributed by atoms with Crippen molar-refractivity contribution in [1.82, 2.24) is 26.2 Å². The van der Waals surface area contributed by atoms with Crippen LogP contribution in [-0.2, 0) is 17.6 Å². The summed E-state index contributed by atoms with van der Waals surface area (Å²) in [5.41, 5.74) is 2.84. The van der Waals surface area contributed by atoms with E-state index >= 15 is 0 Å². The maximum atomic E-state index is 12.5. The number of anilines is 1. The molecule has 10 heteroatoms. The maximum Gasteiger partial charge on any atom is 0.407 e. The number of nitrogens with one attached hydrogen (secondary N) is 5. The fourth-order valence-electron chi connectivity index (χ4n) is 8.44. The Kier molecular flexibility index (Phi) is 15.0. The number of likely N-dealkylation sites (tertiary alicyclic amines) is 1. The summed E-state index contributed by atoms with van der Waals surface area (Å²) in [5, 5.41) is 40.9. The number of aliphatic hydroxyl groups excluding tert-OH is 2. The van der Waals surface area contributed by atoms with E-state index in [0.29, 0.717) is 57.4 Å². The van der Waals surface area contributed by atoms with Crippen LogP contribution >= 0.6 is 0 Å². The number of benzene rings is 2. The summed E-state index contributed by atoms with van der Waals surface area (Å²) < 4.78 is 5.50. The molecule has 1 aliphatic carbocycles. The van der Waals surface area contributed by atoms with Crippen LogP contribution in [0, 0.1) is 11.8 Å². The van der Waals surface area contributed by atoms with Gasteiger partial charge < -0.3 is 41.5 Å². The van der Waals surface area contributed by atoms with E-state index in [4.69, 9.17) is 4.74 Å². The zero-order valence-corrected chi connectivity index (χ0v) is 33.4. The monoisotopic (exact) mass is 735 g/mol. The van der Waals surface area contributed by atoms with Gasteiger partial charge in [-0.3, -0.25) is 4.90 Å². The summed E-state index contributed by atoms with van der Waals surface area (Å²) in [6.07, 6.45) is 6.92. The van der Waals surface area contributed by atoms with Gasteiger partial charge in [0, 0.05) is 75.0 Å². The summed E-state index contributed by atoms with van der Waals surface area (Å²) in [6.45, 7) is 16.5. The van der Waals surface area contributed by atoms with Gasteiger partial charge in [0.05, 0.1) is 18.2 Å². The number of piperidine rings is 1. The Bertz CT molecular complexity index is 1400. The Labute approximate surface area is 319 Å². The van der Waals surface area contributed by atoms with Crippen molar-refractivity contribution in [1.29, 1.82) is 0 Å². The zero-order chi connectivity index (χ0) is 38.0. The summed E-state index contributed by atoms with van der Waals surface area (Å²) in [7, 11) is 0. The normalized spacial score (nSPS) is 25.3. The molecule has 2 fully saturated rings. The van der Waals surface area contributed by atoms with E-state index in [1.807, 2.05) is 39.0 Å². The highest BCUT2D eigenvalue weighted by Crippen LogP contribution is 2.38. The molecule has 1 amide bonds. The van der Waals surface area contributed by atoms with E-state index in [-0.39, 0.29) is 23.7 Å². The molecule has 1 saturated heterocycles. The number of hydrogen-bond donors (Lipinski definition) is 7. The van der Waals surface area contributed by atoms with Crippen molar-refractivity contribution < 1.29 is 19.7 Å². The number of fused-ring (bicyclic) bond motifs is 2. The molecule has 0 radical (unpaired) electrons. The number of ether oxygens (including phenoxy) is 1. The lowest BCUT2D eigenvalue weighted by Crippen LogP contribution is -2.58. The molecule has 0 spiro atoms. The molecule has 5 unspecified atom stereocenters. The minimum absolute atomic E-state index is 0.0386. The van der Waals surface area contributed by atoms with Crippen LogP contribution in [0.15, 0.2) is 54.6 Å². The molecule has 2 aliphatic heterocycles. The minimum Gasteiger partial charge on any atom is -0.444 e. The van der Waals surface area contributed by atoms with Crippen LogP contribution in [0.5, 0.6) is 0 Å². The summed E-state index contributed by atoms with van der Waals surface area (Å²) in [4.78, 5) is 15.1. The second-order valence-electron chi connectivity index (χ2n) is 18.1. The number of β-amino-alcohol motifs (C(OH)–C–C–N with tert-alkyl or cyclic N) is 1. The highest BCUT2D eigenvalue weighted by atomic mass is 16.6. The van der Waals surface area contributed by atoms with Crippen molar-refractivity contribution in [3.05, 3.63) is 65.7 Å². The van der Waals surface area contributed by atoms with Crippen molar-refractivity contribution in [2.75, 3.05) is 44.6 Å². The smallest absolute Gasteiger partial charge is 0.407 e. The molecular weight excluding hydrogens is 665 g/mol. The summed E-state index contributed by atoms with van der Waals surface area (Å²) in [6, 6.07) is 18.6. The van der Waals surface area contributed by atoms with Crippen molar-refractivity contribution in [2.24, 2.45) is 11.8 Å². The predicted molar refractivity (Wildman–Crippen MR) is 215 cm³/mol. The number of aliphatic hydroxyl groups is 2. The first-order valence-corrected chi connectivity index (χ1v) is 20.4. The SMILES string of the molecule is CC(C)(C)NCC1CC2CCCCC2CN1C[C@H](O)[C@@H](Cc1ccccc1)NC[C@H](CCNC(=O)OC(C)(C)C)NCC1Nc2ccccc2CC1O. The molecule has 1 saturated carbocycles. The molecule has 7 N–H and O–H groups in total. The Morgan fingerprint density at radius 3 is 2.42 bits per heavy atom. The molecule has 8 atom stereocenters. The molecule has 10 nitrogen and oxygen atoms in total. The van der Waals surface area contributed by atoms with E-state index in [0.717, 1.165) is 30.3 Å². The second kappa shape index (κ2) is 19.2. The molecule has 5 rings (SSSR count). The van der Waals surface area contributed by atoms with E-state index in [9.17, 15) is 15.0 Å². The topological polar surface area (TPSA) is 130 Å². The first kappa shape index (κ1) is 41.4. The Morgan fingerprint density at radius 2 is 1.68 bits per heavy atom. The van der Waals surface area contributed by atoms with Crippen molar-refractivity contribution >= 4 is 11.8 Å². The average Bonchev–Trinajstić information content (AvgIpc) is 3.10. The van der Waals surface area contributed by atoms with Crippen molar-refractivity contribution in [3.8, 4) is 0 Å². The van der Waals surface area contributed by atoms with Gasteiger partial charge in [0.15, 0.2) is 0 Å². The number of rotatable bonds is 16. The molecule has 2 heterocycles. The lowest BCUT2D eigenvalue weighted by Gasteiger charge is -2.48. The minimum atomic E-state index is -0.577. The van der Waals surface area contributed by atoms with Crippen LogP contribution in [0.3, 0.4) is 0 Å². The van der Waals surface area contributed by atoms with E-state index in [2.05, 4.69) is 88.7 Å². The highest BCUT2D eigenvalue weighted by molar-refractivity contribution is 5.67. The number of carbonyl (C=O) groups excluding carboxylic acids is 1. The lowest BCUT2D eigenvalue weighted by atomic mass is 9.72. The molecule has 296 valence electrons. The van der Waals surface area contributed by atoms with Gasteiger partial charge in [-0.25, -0.2) is 4.79 Å². The fourth-order valence-corrected chi connectivity index (χ4v) is 8.44. The number of carbonyl (C=O) groups is 1. The van der Waals surface area contributed by atoms with Gasteiger partial charge in [-0.1, -0.05) is 67.8 Å². The number of alkyl carbamates (subject to hydrolysis) is 1. The fraction of sp³-hybridized carbons (Fsp3) is 0.698. The van der Waals surface area contributed by atoms with Crippen molar-refractivity contribution in [2.45, 2.75) is 140 Å². The van der Waals surface area contributed by atoms with Crippen LogP contribution in [0.4, 0.5) is 10.5 Å². The molecule has 0 aromatic heterocycles. The van der Waals surface area contributed by atoms with Gasteiger partial charge in [-0.2, -0.15) is 0 Å². The summed E-state index contributed by atoms with van der Waals surface area (Å²) in [5.74, 6) is 1.50. The molecule has 2 aromatic rings. The quantitative estimate of drug-likeness (QED) is 0.126. The Hall–Kier alpha value is -2.73. The number of nitrogens with zero attached hydrogens (tertiary/aromatic N) is 1. The molecule has 53 heavy (non-hydrogen) atoms. The lowest BCUT2D eigenvalue weighted by molar-refractivity contribution is -0.00362. The van der Waals surface area contributed by atoms with Crippen molar-refractivity contribution in [3.63, 3.8) is 0 Å². The average molecular weight is 735 g/mol. The molecule has 3 aliphatic rings. The van der Waals surface area contributed by atoms with Gasteiger partial charge in [-0.05, 0) is 96.3 Å². The summed E-state index contributed by atoms with van der Waals surface area (Å²) >= 11 is 0. The Balaban J connectivity index is 1.27. The number of amides is 1. The van der Waals surface area contributed by atoms with E-state index < -0.39 is 23.9 Å². The highest BCUT2D eigenvalue weighted by Gasteiger charge is 2.38. The molecular formula is C43H70N6O4. The third-order valence-electron chi connectivity index (χ3n) is 11.3. The largest absolute Gasteiger partial charge is 0.444 e. The first-order valence-electron chi connectivity index (χ1n) is 20.4. The predicted octanol–water partition coefficient (Wildman–Crippen LogP) is 5.09. The van der Waals surface area contributed by atoms with Gasteiger partial charge in [0.2, 0.25) is 0 Å². The Morgan fingerprint density at radius 1 is 0.962 bits per heavy atom. The number of hydrogen-bond acceptors (Lipinski definition) is 9. The first-order chi connectivity index (χ1) is 25.2. The maximum absolute atomic E-state index is 12.5. The van der Waals surface area contributed by atoms with Gasteiger partial charge in [-0.15, -0.1) is 0 Å². The van der Waals surface area contributed by atoms with Crippen LogP contribution < -0.4 is 26.6 Å². The molecule has 2 aromatic carbocycles. The zero-order valence-electron chi connectivity index (χ0n) is 33.4. The van der Waals surface area contributed by atoms with Crippen LogP contribution in [0.2, 0.25) is 0 Å². The van der Waals surface area contributed by atoms with E-state index in [1.54, 1.807) is 0 Å². The van der Waals surface area contributed by atoms with Crippen LogP contribution in [0.1, 0.15) is 91.2 Å². The standard InChI is InChI=1S/C43H70N6O4/c1-42(2,3)47-26-35-23-31-16-10-11-18-33(31)28-49(35)29-40(51)37(22-30-14-8-7-9-15-30)46-25-34(20-21-44-41(52)53-43(4,5)6)45-27-38-39(50)24-32-17-12-13-19-36(32)48-38/h7-9,12-15,17,19,31,33-35,37-40,45-48,50-51H,10-11,16,18,20-29H2,1-6H3,(H,44,52)/t31?,33?,34-,35?,37+,38?,39?,40-/m0/s1.